The standard InChI is InChI=1S/C17H18BrClO2/c1-3-9-21-16-8-7-13(11-15(16)18)17(19)12-5-4-6-14(10-12)20-2/h4-8,10-11,17H,3,9H2,1-2H3. The zero-order valence-electron chi connectivity index (χ0n) is 12.1. The maximum atomic E-state index is 6.57. The van der Waals surface area contributed by atoms with Crippen LogP contribution in [0, 0.1) is 0 Å². The van der Waals surface area contributed by atoms with Crippen molar-refractivity contribution in [3.05, 3.63) is 58.1 Å². The van der Waals surface area contributed by atoms with Crippen molar-refractivity contribution < 1.29 is 9.47 Å². The lowest BCUT2D eigenvalue weighted by Gasteiger charge is -2.14. The molecule has 2 nitrogen and oxygen atoms in total. The third-order valence-corrected chi connectivity index (χ3v) is 4.22. The Labute approximate surface area is 139 Å². The first-order valence-electron chi connectivity index (χ1n) is 6.86. The molecule has 21 heavy (non-hydrogen) atoms. The lowest BCUT2D eigenvalue weighted by molar-refractivity contribution is 0.315. The second-order valence-corrected chi connectivity index (χ2v) is 5.97. The van der Waals surface area contributed by atoms with Crippen molar-refractivity contribution >= 4 is 27.5 Å². The van der Waals surface area contributed by atoms with E-state index in [1.807, 2.05) is 42.5 Å². The SMILES string of the molecule is CCCOc1ccc(C(Cl)c2cccc(OC)c2)cc1Br. The molecule has 0 bridgehead atoms. The summed E-state index contributed by atoms with van der Waals surface area (Å²) in [7, 11) is 1.65. The Kier molecular flexibility index (Phi) is 5.95. The second kappa shape index (κ2) is 7.71. The van der Waals surface area contributed by atoms with E-state index in [1.165, 1.54) is 0 Å². The lowest BCUT2D eigenvalue weighted by Crippen LogP contribution is -1.98. The summed E-state index contributed by atoms with van der Waals surface area (Å²) >= 11 is 10.1. The fourth-order valence-corrected chi connectivity index (χ4v) is 2.78. The van der Waals surface area contributed by atoms with E-state index in [0.717, 1.165) is 33.5 Å². The van der Waals surface area contributed by atoms with E-state index >= 15 is 0 Å². The Morgan fingerprint density at radius 1 is 1.14 bits per heavy atom. The van der Waals surface area contributed by atoms with Gasteiger partial charge >= 0.3 is 0 Å². The van der Waals surface area contributed by atoms with Crippen LogP contribution >= 0.6 is 27.5 Å². The summed E-state index contributed by atoms with van der Waals surface area (Å²) in [6.07, 6.45) is 0.982. The van der Waals surface area contributed by atoms with E-state index in [1.54, 1.807) is 7.11 Å². The minimum absolute atomic E-state index is 0.225. The van der Waals surface area contributed by atoms with Crippen LogP contribution in [0.2, 0.25) is 0 Å². The highest BCUT2D eigenvalue weighted by Gasteiger charge is 2.13. The molecule has 0 aliphatic carbocycles. The van der Waals surface area contributed by atoms with Gasteiger partial charge in [-0.3, -0.25) is 0 Å². The van der Waals surface area contributed by atoms with Crippen molar-refractivity contribution in [3.63, 3.8) is 0 Å². The summed E-state index contributed by atoms with van der Waals surface area (Å²) in [4.78, 5) is 0. The average Bonchev–Trinajstić information content (AvgIpc) is 2.53. The van der Waals surface area contributed by atoms with Gasteiger partial charge in [0.25, 0.3) is 0 Å². The van der Waals surface area contributed by atoms with Crippen molar-refractivity contribution in [1.82, 2.24) is 0 Å². The molecule has 0 saturated heterocycles. The maximum Gasteiger partial charge on any atom is 0.133 e. The van der Waals surface area contributed by atoms with Gasteiger partial charge in [-0.25, -0.2) is 0 Å². The molecule has 0 radical (unpaired) electrons. The molecular weight excluding hydrogens is 352 g/mol. The van der Waals surface area contributed by atoms with Crippen LogP contribution in [-0.2, 0) is 0 Å². The highest BCUT2D eigenvalue weighted by atomic mass is 79.9. The van der Waals surface area contributed by atoms with Gasteiger partial charge in [0.05, 0.1) is 23.6 Å². The first-order chi connectivity index (χ1) is 10.2. The Morgan fingerprint density at radius 3 is 2.57 bits per heavy atom. The summed E-state index contributed by atoms with van der Waals surface area (Å²) in [5.74, 6) is 1.65. The van der Waals surface area contributed by atoms with E-state index in [9.17, 15) is 0 Å². The number of alkyl halides is 1. The molecule has 112 valence electrons. The van der Waals surface area contributed by atoms with Crippen LogP contribution in [0.25, 0.3) is 0 Å². The van der Waals surface area contributed by atoms with Gasteiger partial charge < -0.3 is 9.47 Å². The van der Waals surface area contributed by atoms with Gasteiger partial charge in [-0.05, 0) is 57.7 Å². The summed E-state index contributed by atoms with van der Waals surface area (Å²) in [5, 5.41) is -0.225. The fraction of sp³-hybridized carbons (Fsp3) is 0.294. The van der Waals surface area contributed by atoms with Gasteiger partial charge in [-0.1, -0.05) is 25.1 Å². The van der Waals surface area contributed by atoms with Gasteiger partial charge in [0.15, 0.2) is 0 Å². The van der Waals surface area contributed by atoms with Gasteiger partial charge in [0.1, 0.15) is 11.5 Å². The molecule has 0 amide bonds. The zero-order chi connectivity index (χ0) is 15.2. The second-order valence-electron chi connectivity index (χ2n) is 4.68. The van der Waals surface area contributed by atoms with Gasteiger partial charge in [-0.15, -0.1) is 11.6 Å². The van der Waals surface area contributed by atoms with Crippen molar-refractivity contribution in [1.29, 1.82) is 0 Å². The van der Waals surface area contributed by atoms with Crippen LogP contribution in [0.15, 0.2) is 46.9 Å². The Morgan fingerprint density at radius 2 is 1.90 bits per heavy atom. The summed E-state index contributed by atoms with van der Waals surface area (Å²) in [6, 6.07) is 13.7. The molecule has 0 aliphatic heterocycles. The highest BCUT2D eigenvalue weighted by Crippen LogP contribution is 2.35. The maximum absolute atomic E-state index is 6.57. The molecule has 0 spiro atoms. The zero-order valence-corrected chi connectivity index (χ0v) is 14.4. The molecule has 0 aliphatic rings. The number of methoxy groups -OCH3 is 1. The Balaban J connectivity index is 2.22. The summed E-state index contributed by atoms with van der Waals surface area (Å²) in [5.41, 5.74) is 2.02. The molecule has 0 saturated carbocycles. The van der Waals surface area contributed by atoms with Crippen molar-refractivity contribution in [3.8, 4) is 11.5 Å². The van der Waals surface area contributed by atoms with Crippen LogP contribution in [-0.4, -0.2) is 13.7 Å². The van der Waals surface area contributed by atoms with Crippen LogP contribution in [0.5, 0.6) is 11.5 Å². The molecule has 1 atom stereocenters. The number of hydrogen-bond donors (Lipinski definition) is 0. The molecule has 0 aromatic heterocycles. The molecule has 2 aromatic carbocycles. The van der Waals surface area contributed by atoms with E-state index in [0.29, 0.717) is 6.61 Å². The quantitative estimate of drug-likeness (QED) is 0.619. The largest absolute Gasteiger partial charge is 0.497 e. The molecule has 0 heterocycles. The van der Waals surface area contributed by atoms with E-state index < -0.39 is 0 Å². The van der Waals surface area contributed by atoms with Crippen LogP contribution in [0.4, 0.5) is 0 Å². The van der Waals surface area contributed by atoms with Crippen LogP contribution in [0.3, 0.4) is 0 Å². The normalized spacial score (nSPS) is 12.0. The number of rotatable bonds is 6. The van der Waals surface area contributed by atoms with E-state index in [4.69, 9.17) is 21.1 Å². The first kappa shape index (κ1) is 16.2. The molecule has 0 N–H and O–H groups in total. The molecule has 2 aromatic rings. The number of hydrogen-bond acceptors (Lipinski definition) is 2. The first-order valence-corrected chi connectivity index (χ1v) is 8.09. The third-order valence-electron chi connectivity index (χ3n) is 3.10. The Bertz CT molecular complexity index is 601. The monoisotopic (exact) mass is 368 g/mol. The topological polar surface area (TPSA) is 18.5 Å². The average molecular weight is 370 g/mol. The summed E-state index contributed by atoms with van der Waals surface area (Å²) in [6.45, 7) is 2.79. The predicted octanol–water partition coefficient (Wildman–Crippen LogP) is 5.57. The fourth-order valence-electron chi connectivity index (χ4n) is 2.00. The van der Waals surface area contributed by atoms with Crippen LogP contribution < -0.4 is 9.47 Å². The smallest absolute Gasteiger partial charge is 0.133 e. The lowest BCUT2D eigenvalue weighted by atomic mass is 10.0. The minimum Gasteiger partial charge on any atom is -0.497 e. The van der Waals surface area contributed by atoms with E-state index in [-0.39, 0.29) is 5.38 Å². The molecular formula is C17H18BrClO2. The molecule has 1 unspecified atom stereocenters. The third kappa shape index (κ3) is 4.14. The minimum atomic E-state index is -0.225. The van der Waals surface area contributed by atoms with Crippen LogP contribution in [0.1, 0.15) is 29.8 Å². The number of halogens is 2. The van der Waals surface area contributed by atoms with Crippen molar-refractivity contribution in [2.75, 3.05) is 13.7 Å². The highest BCUT2D eigenvalue weighted by molar-refractivity contribution is 9.10. The Hall–Kier alpha value is -1.19. The predicted molar refractivity (Wildman–Crippen MR) is 90.6 cm³/mol. The molecule has 2 rings (SSSR count). The summed E-state index contributed by atoms with van der Waals surface area (Å²) < 4.78 is 11.8. The molecule has 0 fully saturated rings. The van der Waals surface area contributed by atoms with Crippen molar-refractivity contribution in [2.45, 2.75) is 18.7 Å². The number of benzene rings is 2. The van der Waals surface area contributed by atoms with Gasteiger partial charge in [0.2, 0.25) is 0 Å². The number of ether oxygens (including phenoxy) is 2. The molecule has 4 heteroatoms. The van der Waals surface area contributed by atoms with Crippen molar-refractivity contribution in [2.24, 2.45) is 0 Å². The van der Waals surface area contributed by atoms with E-state index in [2.05, 4.69) is 22.9 Å². The van der Waals surface area contributed by atoms with Gasteiger partial charge in [0, 0.05) is 0 Å². The van der Waals surface area contributed by atoms with Gasteiger partial charge in [-0.2, -0.15) is 0 Å².